The van der Waals surface area contributed by atoms with Crippen molar-refractivity contribution in [2.45, 2.75) is 18.4 Å². The predicted molar refractivity (Wildman–Crippen MR) is 49.6 cm³/mol. The van der Waals surface area contributed by atoms with Gasteiger partial charge in [0.25, 0.3) is 0 Å². The number of hydrogen-bond acceptors (Lipinski definition) is 3. The number of halogens is 4. The summed E-state index contributed by atoms with van der Waals surface area (Å²) in [5.74, 6) is -3.93. The first-order valence-electron chi connectivity index (χ1n) is 4.62. The van der Waals surface area contributed by atoms with Crippen LogP contribution in [0.2, 0.25) is 0 Å². The number of oxime groups is 1. The molecule has 1 N–H and O–H groups in total. The van der Waals surface area contributed by atoms with Gasteiger partial charge in [0, 0.05) is 5.56 Å². The number of alkyl halides is 3. The van der Waals surface area contributed by atoms with Crippen LogP contribution in [-0.4, -0.2) is 22.8 Å². The Kier molecular flexibility index (Phi) is 2.57. The Hall–Kier alpha value is -1.63. The second kappa shape index (κ2) is 3.69. The van der Waals surface area contributed by atoms with E-state index >= 15 is 0 Å². The molecule has 2 rings (SSSR count). The van der Waals surface area contributed by atoms with Gasteiger partial charge in [0.15, 0.2) is 0 Å². The lowest BCUT2D eigenvalue weighted by molar-refractivity contribution is -0.355. The summed E-state index contributed by atoms with van der Waals surface area (Å²) >= 11 is 0. The summed E-state index contributed by atoms with van der Waals surface area (Å²) in [5, 5.41) is 12.3. The third kappa shape index (κ3) is 2.10. The first-order valence-corrected chi connectivity index (χ1v) is 4.62. The van der Waals surface area contributed by atoms with E-state index in [-0.39, 0.29) is 11.3 Å². The van der Waals surface area contributed by atoms with Gasteiger partial charge in [-0.1, -0.05) is 17.3 Å². The molecule has 0 spiro atoms. The van der Waals surface area contributed by atoms with E-state index in [0.717, 1.165) is 12.1 Å². The fourth-order valence-electron chi connectivity index (χ4n) is 1.40. The van der Waals surface area contributed by atoms with E-state index in [0.29, 0.717) is 0 Å². The van der Waals surface area contributed by atoms with Crippen LogP contribution in [0.3, 0.4) is 0 Å². The van der Waals surface area contributed by atoms with E-state index in [1.807, 2.05) is 0 Å². The van der Waals surface area contributed by atoms with Crippen LogP contribution in [0.4, 0.5) is 17.6 Å². The Morgan fingerprint density at radius 2 is 2.06 bits per heavy atom. The molecule has 1 heterocycles. The van der Waals surface area contributed by atoms with Crippen molar-refractivity contribution in [2.75, 3.05) is 0 Å². The maximum absolute atomic E-state index is 12.9. The Bertz CT molecular complexity index is 472. The molecule has 0 bridgehead atoms. The van der Waals surface area contributed by atoms with Crippen molar-refractivity contribution in [1.29, 1.82) is 0 Å². The van der Waals surface area contributed by atoms with Crippen LogP contribution in [0.25, 0.3) is 0 Å². The van der Waals surface area contributed by atoms with Gasteiger partial charge in [-0.25, -0.2) is 4.39 Å². The molecule has 0 saturated heterocycles. The Balaban J connectivity index is 2.23. The summed E-state index contributed by atoms with van der Waals surface area (Å²) in [6.45, 7) is 0. The molecule has 17 heavy (non-hydrogen) atoms. The minimum absolute atomic E-state index is 0.144. The van der Waals surface area contributed by atoms with Gasteiger partial charge >= 0.3 is 12.0 Å². The van der Waals surface area contributed by atoms with Crippen LogP contribution in [0.1, 0.15) is 12.0 Å². The molecule has 7 heteroatoms. The first kappa shape index (κ1) is 11.8. The van der Waals surface area contributed by atoms with E-state index in [4.69, 9.17) is 0 Å². The van der Waals surface area contributed by atoms with E-state index in [2.05, 4.69) is 9.99 Å². The average Bonchev–Trinajstić information content (AvgIpc) is 2.61. The van der Waals surface area contributed by atoms with Crippen molar-refractivity contribution in [2.24, 2.45) is 5.16 Å². The summed E-state index contributed by atoms with van der Waals surface area (Å²) in [6, 6.07) is 4.88. The zero-order valence-electron chi connectivity index (χ0n) is 8.33. The lowest BCUT2D eigenvalue weighted by atomic mass is 10.0. The van der Waals surface area contributed by atoms with Gasteiger partial charge in [-0.3, -0.25) is 0 Å². The van der Waals surface area contributed by atoms with Crippen LogP contribution in [0, 0.1) is 5.82 Å². The van der Waals surface area contributed by atoms with Gasteiger partial charge in [0.2, 0.25) is 0 Å². The SMILES string of the molecule is OC1(C(F)(F)F)CC(c2cccc(F)c2)=NO1. The summed E-state index contributed by atoms with van der Waals surface area (Å²) in [7, 11) is 0. The largest absolute Gasteiger partial charge is 0.458 e. The highest BCUT2D eigenvalue weighted by atomic mass is 19.4. The van der Waals surface area contributed by atoms with Crippen molar-refractivity contribution in [1.82, 2.24) is 0 Å². The minimum Gasteiger partial charge on any atom is -0.350 e. The molecule has 1 aliphatic rings. The maximum atomic E-state index is 12.9. The van der Waals surface area contributed by atoms with Gasteiger partial charge < -0.3 is 9.94 Å². The minimum atomic E-state index is -4.95. The van der Waals surface area contributed by atoms with Gasteiger partial charge in [0.05, 0.1) is 12.1 Å². The third-order valence-corrected chi connectivity index (χ3v) is 2.31. The van der Waals surface area contributed by atoms with E-state index in [1.165, 1.54) is 12.1 Å². The maximum Gasteiger partial charge on any atom is 0.458 e. The highest BCUT2D eigenvalue weighted by Crippen LogP contribution is 2.38. The number of hydrogen-bond donors (Lipinski definition) is 1. The molecule has 3 nitrogen and oxygen atoms in total. The van der Waals surface area contributed by atoms with Gasteiger partial charge in [-0.15, -0.1) is 0 Å². The second-order valence-electron chi connectivity index (χ2n) is 3.60. The van der Waals surface area contributed by atoms with Crippen LogP contribution in [0.5, 0.6) is 0 Å². The third-order valence-electron chi connectivity index (χ3n) is 2.31. The molecule has 0 saturated carbocycles. The van der Waals surface area contributed by atoms with Crippen LogP contribution in [-0.2, 0) is 4.84 Å². The normalized spacial score (nSPS) is 24.4. The van der Waals surface area contributed by atoms with E-state index in [9.17, 15) is 22.7 Å². The van der Waals surface area contributed by atoms with Crippen LogP contribution >= 0.6 is 0 Å². The zero-order chi connectivity index (χ0) is 12.7. The Morgan fingerprint density at radius 3 is 2.59 bits per heavy atom. The molecule has 0 aliphatic carbocycles. The predicted octanol–water partition coefficient (Wildman–Crippen LogP) is 2.20. The molecular formula is C10H7F4NO2. The van der Waals surface area contributed by atoms with E-state index in [1.54, 1.807) is 0 Å². The molecule has 92 valence electrons. The lowest BCUT2D eigenvalue weighted by Gasteiger charge is -2.22. The van der Waals surface area contributed by atoms with Crippen molar-refractivity contribution >= 4 is 5.71 Å². The molecule has 1 aromatic carbocycles. The zero-order valence-corrected chi connectivity index (χ0v) is 8.33. The first-order chi connectivity index (χ1) is 7.82. The van der Waals surface area contributed by atoms with Crippen molar-refractivity contribution < 1.29 is 27.5 Å². The molecule has 1 aliphatic heterocycles. The molecule has 0 radical (unpaired) electrons. The number of aliphatic hydroxyl groups is 1. The number of benzene rings is 1. The summed E-state index contributed by atoms with van der Waals surface area (Å²) in [6.07, 6.45) is -5.81. The molecule has 0 aromatic heterocycles. The molecule has 1 aromatic rings. The van der Waals surface area contributed by atoms with Gasteiger partial charge in [-0.05, 0) is 12.1 Å². The highest BCUT2D eigenvalue weighted by molar-refractivity contribution is 6.01. The molecule has 1 atom stereocenters. The van der Waals surface area contributed by atoms with Crippen molar-refractivity contribution in [3.63, 3.8) is 0 Å². The smallest absolute Gasteiger partial charge is 0.350 e. The summed E-state index contributed by atoms with van der Waals surface area (Å²) in [5.41, 5.74) is -0.00509. The average molecular weight is 249 g/mol. The fourth-order valence-corrected chi connectivity index (χ4v) is 1.40. The second-order valence-corrected chi connectivity index (χ2v) is 3.60. The monoisotopic (exact) mass is 249 g/mol. The Labute approximate surface area is 93.3 Å². The van der Waals surface area contributed by atoms with Crippen molar-refractivity contribution in [3.8, 4) is 0 Å². The molecule has 1 unspecified atom stereocenters. The van der Waals surface area contributed by atoms with Gasteiger partial charge in [-0.2, -0.15) is 13.2 Å². The summed E-state index contributed by atoms with van der Waals surface area (Å²) in [4.78, 5) is 4.01. The van der Waals surface area contributed by atoms with Crippen LogP contribution < -0.4 is 0 Å². The number of rotatable bonds is 1. The molecule has 0 fully saturated rings. The summed E-state index contributed by atoms with van der Waals surface area (Å²) < 4.78 is 50.0. The highest BCUT2D eigenvalue weighted by Gasteiger charge is 2.60. The quantitative estimate of drug-likeness (QED) is 0.775. The van der Waals surface area contributed by atoms with Gasteiger partial charge in [0.1, 0.15) is 5.82 Å². The Morgan fingerprint density at radius 1 is 1.35 bits per heavy atom. The lowest BCUT2D eigenvalue weighted by Crippen LogP contribution is -2.45. The topological polar surface area (TPSA) is 41.8 Å². The molecular weight excluding hydrogens is 242 g/mol. The van der Waals surface area contributed by atoms with Crippen molar-refractivity contribution in [3.05, 3.63) is 35.6 Å². The standard InChI is InChI=1S/C10H7F4NO2/c11-7-3-1-2-6(4-7)8-5-9(16,17-15-8)10(12,13)14/h1-4,16H,5H2. The molecule has 0 amide bonds. The van der Waals surface area contributed by atoms with E-state index < -0.39 is 24.2 Å². The number of nitrogens with zero attached hydrogens (tertiary/aromatic N) is 1. The fraction of sp³-hybridized carbons (Fsp3) is 0.300. The van der Waals surface area contributed by atoms with Crippen LogP contribution in [0.15, 0.2) is 29.4 Å².